The van der Waals surface area contributed by atoms with E-state index in [0.29, 0.717) is 56.4 Å². The van der Waals surface area contributed by atoms with Crippen molar-refractivity contribution in [3.63, 3.8) is 0 Å². The van der Waals surface area contributed by atoms with Crippen LogP contribution in [0, 0.1) is 0 Å². The molecule has 31 heavy (non-hydrogen) atoms. The number of benzene rings is 2. The molecule has 1 saturated carbocycles. The van der Waals surface area contributed by atoms with Crippen molar-refractivity contribution in [2.24, 2.45) is 7.05 Å². The SMILES string of the molecule is Cn1c(=O)c2c(Oc3cccc(Cl)c3)cccc2n2cnc(-c3noc(C4CC4)n3)c12. The highest BCUT2D eigenvalue weighted by Gasteiger charge is 2.30. The van der Waals surface area contributed by atoms with E-state index in [0.717, 1.165) is 12.8 Å². The van der Waals surface area contributed by atoms with Gasteiger partial charge in [0.15, 0.2) is 11.3 Å². The Hall–Kier alpha value is -3.65. The predicted molar refractivity (Wildman–Crippen MR) is 115 cm³/mol. The van der Waals surface area contributed by atoms with Crippen LogP contribution in [-0.4, -0.2) is 24.1 Å². The van der Waals surface area contributed by atoms with Gasteiger partial charge in [-0.15, -0.1) is 0 Å². The zero-order valence-corrected chi connectivity index (χ0v) is 17.2. The van der Waals surface area contributed by atoms with E-state index < -0.39 is 0 Å². The fourth-order valence-electron chi connectivity index (χ4n) is 3.77. The second-order valence-corrected chi connectivity index (χ2v) is 8.03. The van der Waals surface area contributed by atoms with Crippen molar-refractivity contribution in [1.82, 2.24) is 24.1 Å². The highest BCUT2D eigenvalue weighted by atomic mass is 35.5. The number of hydrogen-bond donors (Lipinski definition) is 0. The summed E-state index contributed by atoms with van der Waals surface area (Å²) in [5.74, 6) is 2.33. The summed E-state index contributed by atoms with van der Waals surface area (Å²) in [5.41, 5.74) is 1.54. The minimum Gasteiger partial charge on any atom is -0.456 e. The van der Waals surface area contributed by atoms with E-state index >= 15 is 0 Å². The number of aryl methyl sites for hydroxylation is 1. The van der Waals surface area contributed by atoms with Crippen LogP contribution in [0.15, 0.2) is 58.1 Å². The highest BCUT2D eigenvalue weighted by Crippen LogP contribution is 2.39. The summed E-state index contributed by atoms with van der Waals surface area (Å²) in [6.45, 7) is 0. The van der Waals surface area contributed by atoms with Crippen molar-refractivity contribution in [2.45, 2.75) is 18.8 Å². The van der Waals surface area contributed by atoms with E-state index in [1.54, 1.807) is 43.7 Å². The summed E-state index contributed by atoms with van der Waals surface area (Å²) in [7, 11) is 1.69. The van der Waals surface area contributed by atoms with Crippen LogP contribution in [0.25, 0.3) is 28.1 Å². The molecule has 1 aliphatic carbocycles. The molecule has 0 amide bonds. The van der Waals surface area contributed by atoms with Gasteiger partial charge in [0.1, 0.15) is 23.2 Å². The van der Waals surface area contributed by atoms with Gasteiger partial charge in [0.05, 0.1) is 5.52 Å². The number of hydrogen-bond acceptors (Lipinski definition) is 6. The Labute approximate surface area is 180 Å². The monoisotopic (exact) mass is 433 g/mol. The maximum Gasteiger partial charge on any atom is 0.265 e. The fraction of sp³-hybridized carbons (Fsp3) is 0.182. The van der Waals surface area contributed by atoms with Gasteiger partial charge in [-0.3, -0.25) is 13.8 Å². The summed E-state index contributed by atoms with van der Waals surface area (Å²) < 4.78 is 14.8. The predicted octanol–water partition coefficient (Wildman–Crippen LogP) is 4.56. The van der Waals surface area contributed by atoms with E-state index in [4.69, 9.17) is 20.9 Å². The molecular weight excluding hydrogens is 418 g/mol. The van der Waals surface area contributed by atoms with E-state index in [9.17, 15) is 4.79 Å². The van der Waals surface area contributed by atoms with Gasteiger partial charge >= 0.3 is 0 Å². The maximum atomic E-state index is 13.4. The fourth-order valence-corrected chi connectivity index (χ4v) is 3.95. The molecule has 0 unspecified atom stereocenters. The molecule has 2 aromatic carbocycles. The minimum absolute atomic E-state index is 0.215. The van der Waals surface area contributed by atoms with Crippen molar-refractivity contribution in [2.75, 3.05) is 0 Å². The Bertz CT molecular complexity index is 1530. The number of ether oxygens (including phenoxy) is 1. The van der Waals surface area contributed by atoms with Crippen LogP contribution in [0.5, 0.6) is 11.5 Å². The van der Waals surface area contributed by atoms with Crippen LogP contribution in [0.3, 0.4) is 0 Å². The molecule has 0 spiro atoms. The first-order valence-corrected chi connectivity index (χ1v) is 10.2. The van der Waals surface area contributed by atoms with Gasteiger partial charge in [0, 0.05) is 18.0 Å². The normalized spacial score (nSPS) is 13.9. The molecule has 0 atom stereocenters. The lowest BCUT2D eigenvalue weighted by atomic mass is 10.2. The third-order valence-corrected chi connectivity index (χ3v) is 5.68. The van der Waals surface area contributed by atoms with Crippen molar-refractivity contribution in [1.29, 1.82) is 0 Å². The molecule has 0 N–H and O–H groups in total. The van der Waals surface area contributed by atoms with Crippen LogP contribution < -0.4 is 10.3 Å². The number of imidazole rings is 1. The molecule has 0 saturated heterocycles. The second-order valence-electron chi connectivity index (χ2n) is 7.59. The molecule has 1 fully saturated rings. The Morgan fingerprint density at radius 1 is 1.19 bits per heavy atom. The number of fused-ring (bicyclic) bond motifs is 3. The third kappa shape index (κ3) is 2.90. The number of aromatic nitrogens is 5. The molecule has 1 aliphatic rings. The molecule has 0 aliphatic heterocycles. The maximum absolute atomic E-state index is 13.4. The van der Waals surface area contributed by atoms with E-state index in [1.807, 2.05) is 16.5 Å². The zero-order valence-electron chi connectivity index (χ0n) is 16.4. The van der Waals surface area contributed by atoms with Crippen LogP contribution in [0.1, 0.15) is 24.7 Å². The van der Waals surface area contributed by atoms with Crippen molar-refractivity contribution in [3.05, 3.63) is 70.1 Å². The van der Waals surface area contributed by atoms with E-state index in [-0.39, 0.29) is 5.56 Å². The van der Waals surface area contributed by atoms with Crippen molar-refractivity contribution >= 4 is 28.2 Å². The quantitative estimate of drug-likeness (QED) is 0.413. The van der Waals surface area contributed by atoms with Gasteiger partial charge in [0.25, 0.3) is 5.56 Å². The lowest BCUT2D eigenvalue weighted by Crippen LogP contribution is -2.20. The highest BCUT2D eigenvalue weighted by molar-refractivity contribution is 6.30. The molecule has 3 aromatic heterocycles. The zero-order chi connectivity index (χ0) is 21.1. The van der Waals surface area contributed by atoms with Crippen LogP contribution in [0.2, 0.25) is 5.02 Å². The van der Waals surface area contributed by atoms with Crippen LogP contribution in [0.4, 0.5) is 0 Å². The van der Waals surface area contributed by atoms with Crippen molar-refractivity contribution in [3.8, 4) is 23.0 Å². The average Bonchev–Trinajstić information content (AvgIpc) is 3.32. The summed E-state index contributed by atoms with van der Waals surface area (Å²) in [6.07, 6.45) is 3.77. The number of nitrogens with zero attached hydrogens (tertiary/aromatic N) is 5. The van der Waals surface area contributed by atoms with E-state index in [2.05, 4.69) is 15.1 Å². The summed E-state index contributed by atoms with van der Waals surface area (Å²) in [5, 5.41) is 5.08. The number of rotatable bonds is 4. The standard InChI is InChI=1S/C22H16ClN5O3/c1-27-21-18(19-25-20(31-26-19)12-8-9-12)24-11-28(21)15-6-3-7-16(17(15)22(27)29)30-14-5-2-4-13(23)10-14/h2-7,10-12H,8-9H2,1H3. The van der Waals surface area contributed by atoms with Gasteiger partial charge in [-0.1, -0.05) is 28.9 Å². The molecular formula is C22H16ClN5O3. The Morgan fingerprint density at radius 3 is 2.84 bits per heavy atom. The van der Waals surface area contributed by atoms with Gasteiger partial charge in [-0.2, -0.15) is 4.98 Å². The van der Waals surface area contributed by atoms with Gasteiger partial charge in [0.2, 0.25) is 11.7 Å². The number of halogens is 1. The minimum atomic E-state index is -0.215. The van der Waals surface area contributed by atoms with Gasteiger partial charge < -0.3 is 9.26 Å². The molecule has 3 heterocycles. The topological polar surface area (TPSA) is 87.5 Å². The largest absolute Gasteiger partial charge is 0.456 e. The average molecular weight is 434 g/mol. The summed E-state index contributed by atoms with van der Waals surface area (Å²) in [4.78, 5) is 22.4. The Balaban J connectivity index is 1.55. The first-order chi connectivity index (χ1) is 15.1. The molecule has 0 bridgehead atoms. The third-order valence-electron chi connectivity index (χ3n) is 5.45. The first-order valence-electron chi connectivity index (χ1n) is 9.86. The molecule has 0 radical (unpaired) electrons. The van der Waals surface area contributed by atoms with Crippen LogP contribution >= 0.6 is 11.6 Å². The molecule has 8 nitrogen and oxygen atoms in total. The molecule has 154 valence electrons. The lowest BCUT2D eigenvalue weighted by Gasteiger charge is -2.12. The molecule has 6 rings (SSSR count). The Morgan fingerprint density at radius 2 is 2.03 bits per heavy atom. The summed E-state index contributed by atoms with van der Waals surface area (Å²) in [6, 6.07) is 12.5. The van der Waals surface area contributed by atoms with E-state index in [1.165, 1.54) is 4.57 Å². The first kappa shape index (κ1) is 18.1. The second kappa shape index (κ2) is 6.68. The molecule has 5 aromatic rings. The van der Waals surface area contributed by atoms with Crippen LogP contribution in [-0.2, 0) is 7.05 Å². The smallest absolute Gasteiger partial charge is 0.265 e. The summed E-state index contributed by atoms with van der Waals surface area (Å²) >= 11 is 6.07. The van der Waals surface area contributed by atoms with Gasteiger partial charge in [-0.25, -0.2) is 4.98 Å². The van der Waals surface area contributed by atoms with Gasteiger partial charge in [-0.05, 0) is 43.2 Å². The lowest BCUT2D eigenvalue weighted by molar-refractivity contribution is 0.380. The Kier molecular flexibility index (Phi) is 3.91. The molecule has 9 heteroatoms. The van der Waals surface area contributed by atoms with Crippen molar-refractivity contribution < 1.29 is 9.26 Å².